The van der Waals surface area contributed by atoms with Crippen LogP contribution in [-0.4, -0.2) is 105 Å². The third-order valence-electron chi connectivity index (χ3n) is 6.10. The first kappa shape index (κ1) is 27.7. The summed E-state index contributed by atoms with van der Waals surface area (Å²) in [6.45, 7) is 3.44. The quantitative estimate of drug-likeness (QED) is 0.348. The Labute approximate surface area is 207 Å². The van der Waals surface area contributed by atoms with Crippen LogP contribution in [0.3, 0.4) is 0 Å². The van der Waals surface area contributed by atoms with Gasteiger partial charge in [-0.2, -0.15) is 4.98 Å². The topological polar surface area (TPSA) is 156 Å². The van der Waals surface area contributed by atoms with E-state index >= 15 is 0 Å². The number of amides is 1. The number of aromatic nitrogens is 2. The number of carbonyl (C=O) groups excluding carboxylic acids is 1. The molecule has 0 radical (unpaired) electrons. The minimum Gasteiger partial charge on any atom is -0.390 e. The number of aliphatic hydroxyl groups excluding tert-OH is 3. The lowest BCUT2D eigenvalue weighted by atomic mass is 9.95. The molecular formula is C22H34N4O8S. The molecule has 12 nitrogen and oxygen atoms in total. The zero-order valence-corrected chi connectivity index (χ0v) is 21.2. The van der Waals surface area contributed by atoms with Crippen LogP contribution in [0.15, 0.2) is 28.5 Å². The van der Waals surface area contributed by atoms with Crippen molar-refractivity contribution in [1.29, 1.82) is 0 Å². The van der Waals surface area contributed by atoms with Crippen molar-refractivity contribution in [2.24, 2.45) is 0 Å². The van der Waals surface area contributed by atoms with Crippen LogP contribution < -0.4 is 11.0 Å². The van der Waals surface area contributed by atoms with Crippen LogP contribution in [0.2, 0.25) is 0 Å². The van der Waals surface area contributed by atoms with Crippen LogP contribution in [-0.2, 0) is 19.0 Å². The molecule has 0 aliphatic carbocycles. The van der Waals surface area contributed by atoms with Gasteiger partial charge in [-0.05, 0) is 45.7 Å². The second-order valence-corrected chi connectivity index (χ2v) is 9.62. The van der Waals surface area contributed by atoms with Crippen molar-refractivity contribution in [3.05, 3.63) is 34.2 Å². The molecule has 2 aliphatic heterocycles. The predicted molar refractivity (Wildman–Crippen MR) is 129 cm³/mol. The molecule has 0 unspecified atom stereocenters. The lowest BCUT2D eigenvalue weighted by Gasteiger charge is -2.46. The molecule has 196 valence electrons. The molecule has 0 spiro atoms. The molecule has 9 atom stereocenters. The van der Waals surface area contributed by atoms with Gasteiger partial charge < -0.3 is 39.7 Å². The summed E-state index contributed by atoms with van der Waals surface area (Å²) in [5.41, 5.74) is -0.655. The van der Waals surface area contributed by atoms with E-state index in [0.29, 0.717) is 0 Å². The molecule has 0 bridgehead atoms. The van der Waals surface area contributed by atoms with Gasteiger partial charge in [-0.15, -0.1) is 11.8 Å². The van der Waals surface area contributed by atoms with Crippen molar-refractivity contribution < 1.29 is 34.3 Å². The molecule has 2 saturated heterocycles. The Morgan fingerprint density at radius 3 is 2.57 bits per heavy atom. The highest BCUT2D eigenvalue weighted by atomic mass is 32.2. The number of carbonyl (C=O) groups is 1. The Balaban J connectivity index is 1.65. The van der Waals surface area contributed by atoms with Crippen LogP contribution in [0.4, 0.5) is 5.82 Å². The summed E-state index contributed by atoms with van der Waals surface area (Å²) in [4.78, 5) is 30.0. The highest BCUT2D eigenvalue weighted by Gasteiger charge is 2.47. The molecule has 13 heteroatoms. The van der Waals surface area contributed by atoms with E-state index in [4.69, 9.17) is 14.2 Å². The van der Waals surface area contributed by atoms with Crippen molar-refractivity contribution in [2.45, 2.75) is 75.5 Å². The summed E-state index contributed by atoms with van der Waals surface area (Å²) in [7, 11) is 3.56. The van der Waals surface area contributed by atoms with Gasteiger partial charge in [0.2, 0.25) is 5.91 Å². The number of rotatable bonds is 7. The summed E-state index contributed by atoms with van der Waals surface area (Å²) < 4.78 is 18.8. The largest absolute Gasteiger partial charge is 0.390 e. The molecule has 4 N–H and O–H groups in total. The van der Waals surface area contributed by atoms with E-state index in [1.165, 1.54) is 34.7 Å². The maximum Gasteiger partial charge on any atom is 0.351 e. The van der Waals surface area contributed by atoms with Crippen LogP contribution >= 0.6 is 11.8 Å². The van der Waals surface area contributed by atoms with Gasteiger partial charge in [0.25, 0.3) is 0 Å². The number of aliphatic hydroxyl groups is 3. The number of likely N-dealkylation sites (N-methyl/N-ethyl adjacent to an activating group) is 1. The standard InChI is InChI=1S/C22H34N4O8S/c1-11-17(25(3)4)18(29)19(30)21(33-11)34-20-12(2)32-16(10-13(20)27)26-8-6-14(24-22(26)31)23-15(28)7-9-35-5/h6-9,11-13,16-21,27,29-30H,10H2,1-5H3,(H,23,24,28,31)/b9-7+/t11-,12-,13-,16-,17-,18+,19-,20-,21-/m1/s1. The summed E-state index contributed by atoms with van der Waals surface area (Å²) in [6.07, 6.45) is -2.86. The summed E-state index contributed by atoms with van der Waals surface area (Å²) in [5.74, 6) is -0.315. The second-order valence-electron chi connectivity index (χ2n) is 8.87. The normalized spacial score (nSPS) is 36.0. The van der Waals surface area contributed by atoms with E-state index in [0.717, 1.165) is 0 Å². The molecule has 0 aromatic carbocycles. The van der Waals surface area contributed by atoms with Gasteiger partial charge in [-0.3, -0.25) is 9.36 Å². The highest BCUT2D eigenvalue weighted by molar-refractivity contribution is 8.01. The number of nitrogens with zero attached hydrogens (tertiary/aromatic N) is 3. The second kappa shape index (κ2) is 11.9. The molecule has 2 fully saturated rings. The van der Waals surface area contributed by atoms with Crippen LogP contribution in [0.5, 0.6) is 0 Å². The average Bonchev–Trinajstić information content (AvgIpc) is 2.77. The minimum atomic E-state index is -1.32. The van der Waals surface area contributed by atoms with E-state index in [-0.39, 0.29) is 12.2 Å². The van der Waals surface area contributed by atoms with Crippen LogP contribution in [0.25, 0.3) is 0 Å². The first-order valence-electron chi connectivity index (χ1n) is 11.3. The molecule has 1 aromatic rings. The molecule has 35 heavy (non-hydrogen) atoms. The molecule has 2 aliphatic rings. The van der Waals surface area contributed by atoms with E-state index in [1.807, 2.05) is 6.26 Å². The molecule has 3 rings (SSSR count). The zero-order chi connectivity index (χ0) is 25.9. The van der Waals surface area contributed by atoms with E-state index in [1.54, 1.807) is 38.3 Å². The number of anilines is 1. The Hall–Kier alpha value is -1.84. The van der Waals surface area contributed by atoms with Crippen LogP contribution in [0.1, 0.15) is 26.5 Å². The zero-order valence-electron chi connectivity index (χ0n) is 20.3. The van der Waals surface area contributed by atoms with E-state index in [2.05, 4.69) is 10.3 Å². The van der Waals surface area contributed by atoms with Crippen molar-refractivity contribution in [3.63, 3.8) is 0 Å². The van der Waals surface area contributed by atoms with Gasteiger partial charge in [-0.25, -0.2) is 4.79 Å². The Bertz CT molecular complexity index is 948. The Morgan fingerprint density at radius 2 is 1.97 bits per heavy atom. The molecule has 0 saturated carbocycles. The number of nitrogens with one attached hydrogen (secondary N) is 1. The highest BCUT2D eigenvalue weighted by Crippen LogP contribution is 2.32. The number of ether oxygens (including phenoxy) is 3. The number of hydrogen-bond donors (Lipinski definition) is 4. The fourth-order valence-corrected chi connectivity index (χ4v) is 4.68. The van der Waals surface area contributed by atoms with Crippen molar-refractivity contribution in [3.8, 4) is 0 Å². The van der Waals surface area contributed by atoms with Crippen molar-refractivity contribution in [1.82, 2.24) is 14.5 Å². The van der Waals surface area contributed by atoms with Gasteiger partial charge in [0.1, 0.15) is 30.4 Å². The number of thioether (sulfide) groups is 1. The van der Waals surface area contributed by atoms with Gasteiger partial charge in [0, 0.05) is 18.7 Å². The van der Waals surface area contributed by atoms with Crippen molar-refractivity contribution in [2.75, 3.05) is 25.7 Å². The first-order chi connectivity index (χ1) is 16.5. The molecule has 3 heterocycles. The predicted octanol–water partition coefficient (Wildman–Crippen LogP) is -0.491. The SMILES string of the molecule is CS/C=C/C(=O)Nc1ccn([C@H]2C[C@@H](O)[C@H](O[C@H]3O[C@H](C)[C@@H](N(C)C)[C@H](O)[C@H]3O)[C@@H](C)O2)c(=O)n1. The third-order valence-corrected chi connectivity index (χ3v) is 6.51. The molecule has 1 amide bonds. The maximum absolute atomic E-state index is 12.5. The summed E-state index contributed by atoms with van der Waals surface area (Å²) >= 11 is 1.36. The fraction of sp³-hybridized carbons (Fsp3) is 0.682. The van der Waals surface area contributed by atoms with Crippen molar-refractivity contribution >= 4 is 23.5 Å². The first-order valence-corrected chi connectivity index (χ1v) is 12.6. The summed E-state index contributed by atoms with van der Waals surface area (Å²) in [5, 5.41) is 36.0. The molecule has 1 aromatic heterocycles. The van der Waals surface area contributed by atoms with Gasteiger partial charge in [-0.1, -0.05) is 0 Å². The fourth-order valence-electron chi connectivity index (χ4n) is 4.42. The third kappa shape index (κ3) is 6.49. The lowest BCUT2D eigenvalue weighted by molar-refractivity contribution is -0.322. The average molecular weight is 515 g/mol. The lowest BCUT2D eigenvalue weighted by Crippen LogP contribution is -2.63. The van der Waals surface area contributed by atoms with Gasteiger partial charge in [0.05, 0.1) is 24.4 Å². The smallest absolute Gasteiger partial charge is 0.351 e. The minimum absolute atomic E-state index is 0.0139. The van der Waals surface area contributed by atoms with E-state index < -0.39 is 66.8 Å². The number of hydrogen-bond acceptors (Lipinski definition) is 11. The maximum atomic E-state index is 12.5. The Morgan fingerprint density at radius 1 is 1.26 bits per heavy atom. The Kier molecular flexibility index (Phi) is 9.46. The van der Waals surface area contributed by atoms with Crippen LogP contribution in [0, 0.1) is 0 Å². The summed E-state index contributed by atoms with van der Waals surface area (Å²) in [6, 6.07) is 1.04. The van der Waals surface area contributed by atoms with Gasteiger partial charge >= 0.3 is 5.69 Å². The van der Waals surface area contributed by atoms with Gasteiger partial charge in [0.15, 0.2) is 6.29 Å². The molecular weight excluding hydrogens is 480 g/mol. The van der Waals surface area contributed by atoms with E-state index in [9.17, 15) is 24.9 Å². The monoisotopic (exact) mass is 514 g/mol.